The van der Waals surface area contributed by atoms with Gasteiger partial charge in [0.15, 0.2) is 14.6 Å². The average Bonchev–Trinajstić information content (AvgIpc) is 4.13. The molecule has 0 amide bonds. The van der Waals surface area contributed by atoms with Gasteiger partial charge < -0.3 is 29.7 Å². The second-order valence-electron chi connectivity index (χ2n) is 18.1. The van der Waals surface area contributed by atoms with Gasteiger partial charge in [0, 0.05) is 91.6 Å². The van der Waals surface area contributed by atoms with Crippen LogP contribution < -0.4 is 25.2 Å². The summed E-state index contributed by atoms with van der Waals surface area (Å²) in [5, 5.41) is 7.36. The first-order valence-electron chi connectivity index (χ1n) is 26.8. The second-order valence-corrected chi connectivity index (χ2v) is 18.1. The number of nitrogens with zero attached hydrogens (tertiary/aromatic N) is 4. The molecule has 0 saturated carbocycles. The number of anilines is 4. The third kappa shape index (κ3) is 9.74. The van der Waals surface area contributed by atoms with Gasteiger partial charge in [-0.15, -0.1) is 60.0 Å². The number of fused-ring (bicyclic) bond motifs is 4. The molecule has 0 saturated heterocycles. The number of hydrogen-bond donors (Lipinski definition) is 2. The Morgan fingerprint density at radius 1 is 0.592 bits per heavy atom. The first kappa shape index (κ1) is 44.7. The molecule has 0 atom stereocenters. The van der Waals surface area contributed by atoms with Crippen molar-refractivity contribution in [3.05, 3.63) is 308 Å². The SMILES string of the molecule is [2H]c1c([2H])c([2H])c2c(c1[2H])c1ccc(Oc3[c-]c(N4[CH-]N(c5c(/C6=C/C=C\N/C=C\C=C/[B]6)cccc5/C5=C/C=C\N/C=C\C=C/[B]5)c5ccccc54)ccc3)[c-]c1n2-c1cc(C(C)(c2ccccc2)c2ccccc2)ccn1.[Pt]. The van der Waals surface area contributed by atoms with E-state index in [4.69, 9.17) is 12.5 Å². The van der Waals surface area contributed by atoms with Gasteiger partial charge in [0.1, 0.15) is 5.82 Å². The van der Waals surface area contributed by atoms with Crippen LogP contribution in [0.2, 0.25) is 0 Å². The molecule has 5 heterocycles. The number of ether oxygens (including phenoxy) is 1. The van der Waals surface area contributed by atoms with Crippen molar-refractivity contribution in [1.82, 2.24) is 20.2 Å². The number of aromatic nitrogens is 2. The number of hydrogen-bond acceptors (Lipinski definition) is 6. The molecule has 0 fully saturated rings. The zero-order valence-corrected chi connectivity index (χ0v) is 43.5. The molecule has 0 aliphatic carbocycles. The maximum absolute atomic E-state index is 9.32. The monoisotopic (exact) mass is 1160 g/mol. The Morgan fingerprint density at radius 2 is 1.20 bits per heavy atom. The van der Waals surface area contributed by atoms with Gasteiger partial charge in [0.2, 0.25) is 0 Å². The van der Waals surface area contributed by atoms with Crippen molar-refractivity contribution in [3.8, 4) is 17.3 Å². The second kappa shape index (κ2) is 22.4. The van der Waals surface area contributed by atoms with Crippen molar-refractivity contribution in [2.75, 3.05) is 9.80 Å². The van der Waals surface area contributed by atoms with E-state index in [9.17, 15) is 2.74 Å². The van der Waals surface area contributed by atoms with Crippen LogP contribution in [0.15, 0.2) is 261 Å². The molecular weight excluding hydrogens is 1110 g/mol. The van der Waals surface area contributed by atoms with Gasteiger partial charge in [-0.1, -0.05) is 150 Å². The topological polar surface area (TPSA) is 57.6 Å². The van der Waals surface area contributed by atoms with Gasteiger partial charge in [-0.2, -0.15) is 12.1 Å². The molecule has 3 aliphatic rings. The molecule has 10 heteroatoms. The summed E-state index contributed by atoms with van der Waals surface area (Å²) in [7, 11) is 4.26. The molecule has 7 aromatic carbocycles. The minimum absolute atomic E-state index is 0. The minimum Gasteiger partial charge on any atom is -0.509 e. The molecule has 368 valence electrons. The van der Waals surface area contributed by atoms with Crippen LogP contribution in [-0.4, -0.2) is 24.1 Å². The van der Waals surface area contributed by atoms with E-state index >= 15 is 0 Å². The largest absolute Gasteiger partial charge is 0.509 e. The van der Waals surface area contributed by atoms with Gasteiger partial charge in [0.05, 0.1) is 5.48 Å². The molecule has 0 unspecified atom stereocenters. The maximum atomic E-state index is 9.32. The van der Waals surface area contributed by atoms with Crippen LogP contribution in [-0.2, 0) is 26.5 Å². The molecule has 76 heavy (non-hydrogen) atoms. The van der Waals surface area contributed by atoms with E-state index in [0.29, 0.717) is 39.1 Å². The fourth-order valence-corrected chi connectivity index (χ4v) is 9.98. The molecule has 12 rings (SSSR count). The quantitative estimate of drug-likeness (QED) is 0.105. The van der Waals surface area contributed by atoms with Gasteiger partial charge in [-0.3, -0.25) is 0 Å². The Kier molecular flexibility index (Phi) is 13.2. The third-order valence-corrected chi connectivity index (χ3v) is 13.6. The maximum Gasteiger partial charge on any atom is 0.182 e. The smallest absolute Gasteiger partial charge is 0.182 e. The van der Waals surface area contributed by atoms with Crippen molar-refractivity contribution in [3.63, 3.8) is 0 Å². The van der Waals surface area contributed by atoms with Crippen molar-refractivity contribution < 1.29 is 31.3 Å². The van der Waals surface area contributed by atoms with E-state index in [-0.39, 0.29) is 45.2 Å². The van der Waals surface area contributed by atoms with Gasteiger partial charge in [-0.05, 0) is 94.7 Å². The zero-order chi connectivity index (χ0) is 53.9. The Bertz CT molecular complexity index is 3970. The summed E-state index contributed by atoms with van der Waals surface area (Å²) in [5.41, 5.74) is 10.9. The predicted octanol–water partition coefficient (Wildman–Crippen LogP) is 14.7. The molecule has 2 N–H and O–H groups in total. The third-order valence-electron chi connectivity index (χ3n) is 13.6. The van der Waals surface area contributed by atoms with Crippen LogP contribution in [0.25, 0.3) is 38.6 Å². The average molecular weight is 1160 g/mol. The molecule has 0 bridgehead atoms. The Morgan fingerprint density at radius 3 is 1.88 bits per heavy atom. The normalized spacial score (nSPS) is 18.8. The molecule has 2 aromatic heterocycles. The van der Waals surface area contributed by atoms with Crippen molar-refractivity contribution in [1.29, 1.82) is 0 Å². The molecular formula is C66H49B2N6OPt-3. The Hall–Kier alpha value is -8.77. The van der Waals surface area contributed by atoms with Gasteiger partial charge >= 0.3 is 0 Å². The molecule has 3 aliphatic heterocycles. The summed E-state index contributed by atoms with van der Waals surface area (Å²) in [4.78, 5) is 9.28. The summed E-state index contributed by atoms with van der Waals surface area (Å²) >= 11 is 0. The van der Waals surface area contributed by atoms with E-state index in [1.807, 2.05) is 152 Å². The van der Waals surface area contributed by atoms with Gasteiger partial charge in [0.25, 0.3) is 0 Å². The van der Waals surface area contributed by atoms with Gasteiger partial charge in [-0.25, -0.2) is 4.98 Å². The molecule has 9 aromatic rings. The first-order chi connectivity index (χ1) is 38.8. The summed E-state index contributed by atoms with van der Waals surface area (Å²) in [6, 6.07) is 54.9. The number of nitrogens with one attached hydrogen (secondary N) is 2. The number of pyridine rings is 1. The van der Waals surface area contributed by atoms with E-state index in [1.54, 1.807) is 16.8 Å². The number of rotatable bonds is 10. The van der Waals surface area contributed by atoms with E-state index in [0.717, 1.165) is 61.5 Å². The van der Waals surface area contributed by atoms with E-state index in [2.05, 4.69) is 134 Å². The Labute approximate surface area is 466 Å². The van der Waals surface area contributed by atoms with Crippen LogP contribution in [0, 0.1) is 18.8 Å². The van der Waals surface area contributed by atoms with Crippen molar-refractivity contribution >= 4 is 70.1 Å². The number of benzene rings is 7. The van der Waals surface area contributed by atoms with Crippen LogP contribution in [0.4, 0.5) is 22.7 Å². The molecule has 0 spiro atoms. The number of para-hydroxylation sites is 4. The van der Waals surface area contributed by atoms with Crippen LogP contribution in [0.5, 0.6) is 11.5 Å². The number of allylic oxidation sites excluding steroid dienone is 8. The minimum atomic E-state index is -0.615. The van der Waals surface area contributed by atoms with E-state index < -0.39 is 5.41 Å². The summed E-state index contributed by atoms with van der Waals surface area (Å²) in [6.07, 6.45) is 25.5. The van der Waals surface area contributed by atoms with Crippen LogP contribution in [0.3, 0.4) is 0 Å². The van der Waals surface area contributed by atoms with Crippen LogP contribution >= 0.6 is 0 Å². The van der Waals surface area contributed by atoms with Crippen molar-refractivity contribution in [2.45, 2.75) is 12.3 Å². The summed E-state index contributed by atoms with van der Waals surface area (Å²) < 4.78 is 44.6. The standard InChI is InChI=1S/C66H49B2N6O.Pt/c1-66(48-20-4-2-5-21-48,49-22-6-3-7-23-49)50-36-43-71-64(44-50)74-60-31-9-8-26-54(60)55-35-34-53(46-63(55)74)75-52-25-16-24-51(45-52)72-47-73(62-33-11-10-32-61(62)72)65-56(58-29-18-41-69-39-14-12-37-67-58)27-17-28-57(65)59-30-19-42-70-40-15-13-38-68-59;/h2-44,47,69-70H,1H3;/q-3;/b37-12-,38-13-,39-14-,40-15-,41-18-,42-19-,58-29-,59-30-;/i8D,9D,26D,31D;. The summed E-state index contributed by atoms with van der Waals surface area (Å²) in [6.45, 7) is 4.30. The van der Waals surface area contributed by atoms with E-state index in [1.165, 1.54) is 0 Å². The van der Waals surface area contributed by atoms with Crippen molar-refractivity contribution in [2.24, 2.45) is 0 Å². The zero-order valence-electron chi connectivity index (χ0n) is 45.3. The van der Waals surface area contributed by atoms with Crippen LogP contribution in [0.1, 0.15) is 40.2 Å². The molecule has 2 radical (unpaired) electrons. The first-order valence-corrected chi connectivity index (χ1v) is 24.8. The fourth-order valence-electron chi connectivity index (χ4n) is 9.98. The fraction of sp³-hybridized carbons (Fsp3) is 0.0303. The summed E-state index contributed by atoms with van der Waals surface area (Å²) in [5.74, 6) is 5.34. The predicted molar refractivity (Wildman–Crippen MR) is 311 cm³/mol. The molecule has 7 nitrogen and oxygen atoms in total. The Balaban J connectivity index is 0.00000675.